The van der Waals surface area contributed by atoms with Crippen LogP contribution in [0.15, 0.2) is 88.4 Å². The van der Waals surface area contributed by atoms with Gasteiger partial charge in [-0.3, -0.25) is 4.79 Å². The number of para-hydroxylation sites is 1. The van der Waals surface area contributed by atoms with Crippen molar-refractivity contribution in [2.24, 2.45) is 0 Å². The van der Waals surface area contributed by atoms with Crippen LogP contribution in [0.5, 0.6) is 0 Å². The number of benzene rings is 3. The maximum atomic E-state index is 13.1. The van der Waals surface area contributed by atoms with Crippen LogP contribution < -0.4 is 4.73 Å². The van der Waals surface area contributed by atoms with E-state index in [1.165, 1.54) is 11.8 Å². The van der Waals surface area contributed by atoms with Crippen LogP contribution in [0, 0.1) is 5.21 Å². The van der Waals surface area contributed by atoms with Crippen molar-refractivity contribution in [3.63, 3.8) is 0 Å². The summed E-state index contributed by atoms with van der Waals surface area (Å²) in [7, 11) is 0. The van der Waals surface area contributed by atoms with Crippen molar-refractivity contribution in [1.29, 1.82) is 0 Å². The third-order valence-electron chi connectivity index (χ3n) is 4.28. The van der Waals surface area contributed by atoms with Gasteiger partial charge in [-0.1, -0.05) is 70.2 Å². The molecule has 3 aromatic carbocycles. The van der Waals surface area contributed by atoms with Crippen LogP contribution in [0.2, 0.25) is 0 Å². The summed E-state index contributed by atoms with van der Waals surface area (Å²) < 4.78 is 1.75. The molecular weight excluding hydrogens is 436 g/mol. The average Bonchev–Trinajstić information content (AvgIpc) is 2.73. The van der Waals surface area contributed by atoms with Gasteiger partial charge in [0.05, 0.1) is 16.7 Å². The maximum Gasteiger partial charge on any atom is 0.334 e. The number of carbonyl (C=O) groups excluding carboxylic acids is 1. The molecule has 0 aliphatic rings. The van der Waals surface area contributed by atoms with E-state index in [0.717, 1.165) is 25.7 Å². The van der Waals surface area contributed by atoms with E-state index in [2.05, 4.69) is 20.9 Å². The molecule has 0 atom stereocenters. The summed E-state index contributed by atoms with van der Waals surface area (Å²) in [6.07, 6.45) is 0. The number of ketones is 1. The Bertz CT molecular complexity index is 1150. The second-order valence-corrected chi connectivity index (χ2v) is 8.02. The summed E-state index contributed by atoms with van der Waals surface area (Å²) in [4.78, 5) is 17.1. The molecule has 0 aliphatic carbocycles. The Balaban J connectivity index is 1.72. The van der Waals surface area contributed by atoms with Gasteiger partial charge in [-0.15, -0.1) is 0 Å². The number of Topliss-reactive ketones (excluding diaryl/α,β-unsaturated/α-hetero) is 1. The number of hydrogen-bond donors (Lipinski definition) is 0. The Morgan fingerprint density at radius 2 is 1.64 bits per heavy atom. The van der Waals surface area contributed by atoms with Crippen molar-refractivity contribution >= 4 is 44.4 Å². The lowest BCUT2D eigenvalue weighted by atomic mass is 10.2. The van der Waals surface area contributed by atoms with Crippen molar-refractivity contribution in [3.05, 3.63) is 94.1 Å². The number of halogens is 1. The third kappa shape index (κ3) is 3.79. The van der Waals surface area contributed by atoms with Crippen LogP contribution in [0.1, 0.15) is 10.4 Å². The zero-order chi connectivity index (χ0) is 19.5. The molecule has 0 unspecified atom stereocenters. The molecule has 0 amide bonds. The van der Waals surface area contributed by atoms with E-state index in [1.807, 2.05) is 66.7 Å². The smallest absolute Gasteiger partial charge is 0.334 e. The molecule has 0 saturated heterocycles. The van der Waals surface area contributed by atoms with Crippen LogP contribution in [-0.4, -0.2) is 16.5 Å². The lowest BCUT2D eigenvalue weighted by Crippen LogP contribution is -2.34. The molecule has 4 rings (SSSR count). The molecule has 0 saturated carbocycles. The van der Waals surface area contributed by atoms with E-state index in [1.54, 1.807) is 12.1 Å². The Hall–Kier alpha value is -2.70. The van der Waals surface area contributed by atoms with Crippen LogP contribution in [0.3, 0.4) is 0 Å². The Morgan fingerprint density at radius 1 is 0.964 bits per heavy atom. The summed E-state index contributed by atoms with van der Waals surface area (Å²) in [5.41, 5.74) is 2.09. The number of hydrogen-bond acceptors (Lipinski definition) is 4. The molecule has 1 aromatic heterocycles. The first-order valence-corrected chi connectivity index (χ1v) is 10.4. The van der Waals surface area contributed by atoms with Crippen LogP contribution in [0.25, 0.3) is 22.3 Å². The number of rotatable bonds is 5. The first-order valence-electron chi connectivity index (χ1n) is 8.63. The van der Waals surface area contributed by atoms with E-state index in [9.17, 15) is 10.0 Å². The van der Waals surface area contributed by atoms with Gasteiger partial charge in [-0.25, -0.2) is 4.73 Å². The number of aromatic nitrogens is 2. The largest absolute Gasteiger partial charge is 0.710 e. The van der Waals surface area contributed by atoms with Gasteiger partial charge in [0.25, 0.3) is 0 Å². The summed E-state index contributed by atoms with van der Waals surface area (Å²) >= 11 is 4.61. The van der Waals surface area contributed by atoms with E-state index in [4.69, 9.17) is 0 Å². The van der Waals surface area contributed by atoms with E-state index < -0.39 is 0 Å². The first kappa shape index (κ1) is 18.7. The van der Waals surface area contributed by atoms with Crippen molar-refractivity contribution in [1.82, 2.24) is 4.98 Å². The maximum absolute atomic E-state index is 13.1. The van der Waals surface area contributed by atoms with Crippen molar-refractivity contribution in [3.8, 4) is 11.4 Å². The van der Waals surface area contributed by atoms with Crippen molar-refractivity contribution < 1.29 is 9.52 Å². The molecule has 0 N–H and O–H groups in total. The van der Waals surface area contributed by atoms with Crippen molar-refractivity contribution in [2.45, 2.75) is 5.03 Å². The molecule has 4 nitrogen and oxygen atoms in total. The number of carbonyl (C=O) groups is 1. The molecular formula is C22H15BrN2O2S. The highest BCUT2D eigenvalue weighted by Crippen LogP contribution is 2.27. The van der Waals surface area contributed by atoms with Crippen LogP contribution in [-0.2, 0) is 0 Å². The minimum absolute atomic E-state index is 0.0281. The summed E-state index contributed by atoms with van der Waals surface area (Å²) in [5, 5.41) is 14.3. The van der Waals surface area contributed by atoms with Gasteiger partial charge in [0.15, 0.2) is 16.3 Å². The van der Waals surface area contributed by atoms with Gasteiger partial charge in [0, 0.05) is 10.0 Å². The molecule has 6 heteroatoms. The Labute approximate surface area is 175 Å². The summed E-state index contributed by atoms with van der Waals surface area (Å²) in [6.45, 7) is 0. The molecule has 1 heterocycles. The Morgan fingerprint density at radius 3 is 2.39 bits per heavy atom. The second kappa shape index (κ2) is 8.12. The molecule has 0 spiro atoms. The molecule has 0 bridgehead atoms. The lowest BCUT2D eigenvalue weighted by molar-refractivity contribution is -0.634. The molecule has 0 fully saturated rings. The van der Waals surface area contributed by atoms with Gasteiger partial charge in [-0.05, 0) is 41.4 Å². The van der Waals surface area contributed by atoms with E-state index >= 15 is 0 Å². The molecule has 0 aliphatic heterocycles. The van der Waals surface area contributed by atoms with Crippen LogP contribution in [0.4, 0.5) is 0 Å². The topological polar surface area (TPSA) is 56.9 Å². The normalized spacial score (nSPS) is 10.9. The summed E-state index contributed by atoms with van der Waals surface area (Å²) in [6, 6.07) is 24.1. The van der Waals surface area contributed by atoms with Gasteiger partial charge in [-0.2, -0.15) is 0 Å². The van der Waals surface area contributed by atoms with Gasteiger partial charge in [0.2, 0.25) is 0 Å². The average molecular weight is 451 g/mol. The van der Waals surface area contributed by atoms with Gasteiger partial charge in [0.1, 0.15) is 0 Å². The number of thioether (sulfide) groups is 1. The number of nitrogens with zero attached hydrogens (tertiary/aromatic N) is 2. The standard InChI is InChI=1S/C22H15BrN2O2S/c23-17-12-10-15(11-13-17)20(26)14-28-22-18-8-4-5-9-19(18)24-21(25(22)27)16-6-2-1-3-7-16/h1-13H,14H2. The fourth-order valence-corrected chi connectivity index (χ4v) is 4.11. The molecule has 138 valence electrons. The minimum Gasteiger partial charge on any atom is -0.710 e. The zero-order valence-electron chi connectivity index (χ0n) is 14.7. The van der Waals surface area contributed by atoms with E-state index in [-0.39, 0.29) is 11.5 Å². The highest BCUT2D eigenvalue weighted by atomic mass is 79.9. The quantitative estimate of drug-likeness (QED) is 0.136. The zero-order valence-corrected chi connectivity index (χ0v) is 17.1. The van der Waals surface area contributed by atoms with E-state index in [0.29, 0.717) is 16.4 Å². The highest BCUT2D eigenvalue weighted by Gasteiger charge is 2.21. The van der Waals surface area contributed by atoms with Gasteiger partial charge < -0.3 is 5.21 Å². The minimum atomic E-state index is -0.0281. The Kier molecular flexibility index (Phi) is 5.41. The van der Waals surface area contributed by atoms with Crippen LogP contribution >= 0.6 is 27.7 Å². The lowest BCUT2D eigenvalue weighted by Gasteiger charge is -2.13. The highest BCUT2D eigenvalue weighted by molar-refractivity contribution is 9.10. The van der Waals surface area contributed by atoms with Gasteiger partial charge >= 0.3 is 5.82 Å². The third-order valence-corrected chi connectivity index (χ3v) is 5.87. The predicted molar refractivity (Wildman–Crippen MR) is 115 cm³/mol. The number of fused-ring (bicyclic) bond motifs is 1. The molecule has 4 aromatic rings. The SMILES string of the molecule is O=C(CSc1c2ccccc2nc(-c2ccccc2)[n+]1[O-])c1ccc(Br)cc1. The fraction of sp³-hybridized carbons (Fsp3) is 0.0455. The monoisotopic (exact) mass is 450 g/mol. The molecule has 0 radical (unpaired) electrons. The fourth-order valence-electron chi connectivity index (χ4n) is 2.88. The predicted octanol–water partition coefficient (Wildman–Crippen LogP) is 5.27. The second-order valence-electron chi connectivity index (χ2n) is 6.14. The van der Waals surface area contributed by atoms with Crippen molar-refractivity contribution in [2.75, 3.05) is 5.75 Å². The summed E-state index contributed by atoms with van der Waals surface area (Å²) in [5.74, 6) is 0.476. The first-order chi connectivity index (χ1) is 13.6. The molecule has 28 heavy (non-hydrogen) atoms.